The van der Waals surface area contributed by atoms with E-state index in [0.29, 0.717) is 11.3 Å². The summed E-state index contributed by atoms with van der Waals surface area (Å²) in [5.74, 6) is -0.488. The predicted octanol–water partition coefficient (Wildman–Crippen LogP) is 4.29. The molecule has 0 unspecified atom stereocenters. The Balaban J connectivity index is 1.64. The predicted molar refractivity (Wildman–Crippen MR) is 111 cm³/mol. The average Bonchev–Trinajstić information content (AvgIpc) is 3.39. The van der Waals surface area contributed by atoms with Crippen LogP contribution in [-0.4, -0.2) is 5.91 Å². The van der Waals surface area contributed by atoms with Crippen molar-refractivity contribution in [1.82, 2.24) is 0 Å². The van der Waals surface area contributed by atoms with Crippen LogP contribution in [0.4, 0.5) is 5.69 Å². The highest BCUT2D eigenvalue weighted by atomic mass is 16.4. The van der Waals surface area contributed by atoms with Gasteiger partial charge in [-0.3, -0.25) is 4.79 Å². The lowest BCUT2D eigenvalue weighted by molar-refractivity contribution is 0.102. The van der Waals surface area contributed by atoms with Gasteiger partial charge in [0.05, 0.1) is 0 Å². The molecule has 2 aromatic carbocycles. The number of carbonyl (C=O) groups is 1. The minimum absolute atomic E-state index is 0.0138. The van der Waals surface area contributed by atoms with Crippen molar-refractivity contribution in [2.24, 2.45) is 5.73 Å². The molecule has 4 rings (SSSR count). The molecule has 0 bridgehead atoms. The van der Waals surface area contributed by atoms with E-state index in [-0.39, 0.29) is 16.5 Å². The lowest BCUT2D eigenvalue weighted by Crippen LogP contribution is -2.22. The zero-order valence-corrected chi connectivity index (χ0v) is 16.3. The molecule has 1 saturated carbocycles. The summed E-state index contributed by atoms with van der Waals surface area (Å²) in [5, 5.41) is 3.50. The first-order chi connectivity index (χ1) is 13.2. The van der Waals surface area contributed by atoms with Crippen LogP contribution in [0, 0.1) is 0 Å². The van der Waals surface area contributed by atoms with Gasteiger partial charge in [0, 0.05) is 22.2 Å². The minimum atomic E-state index is -0.641. The number of anilines is 1. The maximum absolute atomic E-state index is 12.7. The molecule has 0 radical (unpaired) electrons. The Kier molecular flexibility index (Phi) is 4.16. The first kappa shape index (κ1) is 18.4. The Labute approximate surface area is 163 Å². The zero-order chi connectivity index (χ0) is 20.1. The number of fused-ring (bicyclic) bond motifs is 1. The van der Waals surface area contributed by atoms with Crippen LogP contribution in [0.2, 0.25) is 0 Å². The molecular weight excluding hydrogens is 352 g/mol. The molecular formula is C23H24N2O3. The molecule has 3 aromatic rings. The van der Waals surface area contributed by atoms with Crippen molar-refractivity contribution in [3.63, 3.8) is 0 Å². The molecule has 1 aliphatic carbocycles. The third-order valence-electron chi connectivity index (χ3n) is 5.32. The highest BCUT2D eigenvalue weighted by molar-refractivity contribution is 6.05. The molecule has 5 nitrogen and oxygen atoms in total. The van der Waals surface area contributed by atoms with E-state index in [4.69, 9.17) is 10.2 Å². The Morgan fingerprint density at radius 2 is 1.79 bits per heavy atom. The van der Waals surface area contributed by atoms with Gasteiger partial charge in [0.2, 0.25) is 0 Å². The highest BCUT2D eigenvalue weighted by Crippen LogP contribution is 2.42. The minimum Gasteiger partial charge on any atom is -0.422 e. The van der Waals surface area contributed by atoms with Gasteiger partial charge in [0.15, 0.2) is 0 Å². The Morgan fingerprint density at radius 3 is 2.39 bits per heavy atom. The maximum atomic E-state index is 12.7. The number of hydrogen-bond donors (Lipinski definition) is 2. The number of carbonyl (C=O) groups excluding carboxylic acids is 1. The second-order valence-electron chi connectivity index (χ2n) is 8.61. The number of para-hydroxylation sites is 1. The van der Waals surface area contributed by atoms with Crippen molar-refractivity contribution in [3.05, 3.63) is 75.6 Å². The summed E-state index contributed by atoms with van der Waals surface area (Å²) in [6.45, 7) is 6.16. The molecule has 5 heteroatoms. The number of nitrogens with two attached hydrogens (primary N) is 1. The normalized spacial score (nSPS) is 15.4. The zero-order valence-electron chi connectivity index (χ0n) is 16.3. The molecule has 1 aliphatic rings. The van der Waals surface area contributed by atoms with Gasteiger partial charge in [-0.2, -0.15) is 0 Å². The molecule has 0 saturated heterocycles. The standard InChI is InChI=1S/C23H24N2O3/c1-22(2,3)18-6-4-5-14-13-17(21(27)28-19(14)18)20(26)25-16-9-7-15(8-10-16)23(24)11-12-23/h4-10,13H,11-12,24H2,1-3H3,(H,25,26). The van der Waals surface area contributed by atoms with Gasteiger partial charge in [0.25, 0.3) is 5.91 Å². The molecule has 0 atom stereocenters. The number of nitrogens with one attached hydrogen (secondary N) is 1. The van der Waals surface area contributed by atoms with E-state index >= 15 is 0 Å². The van der Waals surface area contributed by atoms with Crippen LogP contribution in [0.3, 0.4) is 0 Å². The van der Waals surface area contributed by atoms with Gasteiger partial charge in [-0.05, 0) is 42.0 Å². The van der Waals surface area contributed by atoms with Gasteiger partial charge in [0.1, 0.15) is 11.1 Å². The van der Waals surface area contributed by atoms with E-state index in [1.807, 2.05) is 30.3 Å². The lowest BCUT2D eigenvalue weighted by atomic mass is 9.86. The summed E-state index contributed by atoms with van der Waals surface area (Å²) < 4.78 is 5.55. The van der Waals surface area contributed by atoms with E-state index in [9.17, 15) is 9.59 Å². The summed E-state index contributed by atoms with van der Waals surface area (Å²) >= 11 is 0. The average molecular weight is 376 g/mol. The van der Waals surface area contributed by atoms with Crippen LogP contribution in [0.5, 0.6) is 0 Å². The summed E-state index contributed by atoms with van der Waals surface area (Å²) in [5.41, 5.74) is 8.27. The molecule has 1 aromatic heterocycles. The van der Waals surface area contributed by atoms with Gasteiger partial charge in [-0.15, -0.1) is 0 Å². The van der Waals surface area contributed by atoms with Crippen LogP contribution in [-0.2, 0) is 11.0 Å². The first-order valence-electron chi connectivity index (χ1n) is 9.46. The topological polar surface area (TPSA) is 85.3 Å². The fourth-order valence-electron chi connectivity index (χ4n) is 3.40. The summed E-state index contributed by atoms with van der Waals surface area (Å²) in [7, 11) is 0. The van der Waals surface area contributed by atoms with Crippen molar-refractivity contribution in [2.75, 3.05) is 5.32 Å². The largest absolute Gasteiger partial charge is 0.422 e. The fraction of sp³-hybridized carbons (Fsp3) is 0.304. The SMILES string of the molecule is CC(C)(C)c1cccc2cc(C(=O)Nc3ccc(C4(N)CC4)cc3)c(=O)oc12. The first-order valence-corrected chi connectivity index (χ1v) is 9.46. The van der Waals surface area contributed by atoms with Gasteiger partial charge in [-0.25, -0.2) is 4.79 Å². The van der Waals surface area contributed by atoms with E-state index in [1.54, 1.807) is 18.2 Å². The van der Waals surface area contributed by atoms with Crippen LogP contribution in [0.15, 0.2) is 57.7 Å². The van der Waals surface area contributed by atoms with Crippen LogP contribution >= 0.6 is 0 Å². The van der Waals surface area contributed by atoms with Crippen molar-refractivity contribution >= 4 is 22.6 Å². The Morgan fingerprint density at radius 1 is 1.11 bits per heavy atom. The van der Waals surface area contributed by atoms with Crippen molar-refractivity contribution in [2.45, 2.75) is 44.6 Å². The van der Waals surface area contributed by atoms with E-state index in [0.717, 1.165) is 29.4 Å². The second-order valence-corrected chi connectivity index (χ2v) is 8.61. The van der Waals surface area contributed by atoms with Crippen molar-refractivity contribution in [1.29, 1.82) is 0 Å². The number of rotatable bonds is 3. The summed E-state index contributed by atoms with van der Waals surface area (Å²) in [6, 6.07) is 14.7. The Hall–Kier alpha value is -2.92. The van der Waals surface area contributed by atoms with Crippen LogP contribution in [0.25, 0.3) is 11.0 Å². The van der Waals surface area contributed by atoms with Gasteiger partial charge >= 0.3 is 5.63 Å². The maximum Gasteiger partial charge on any atom is 0.349 e. The van der Waals surface area contributed by atoms with Crippen LogP contribution < -0.4 is 16.7 Å². The third kappa shape index (κ3) is 3.34. The second kappa shape index (κ2) is 6.31. The van der Waals surface area contributed by atoms with E-state index in [1.165, 1.54) is 0 Å². The van der Waals surface area contributed by atoms with E-state index in [2.05, 4.69) is 26.1 Å². The molecule has 1 amide bonds. The quantitative estimate of drug-likeness (QED) is 0.668. The molecule has 144 valence electrons. The molecule has 1 heterocycles. The molecule has 1 fully saturated rings. The highest BCUT2D eigenvalue weighted by Gasteiger charge is 2.39. The Bertz CT molecular complexity index is 1120. The smallest absolute Gasteiger partial charge is 0.349 e. The molecule has 3 N–H and O–H groups in total. The molecule has 28 heavy (non-hydrogen) atoms. The van der Waals surface area contributed by atoms with Crippen LogP contribution in [0.1, 0.15) is 55.1 Å². The lowest BCUT2D eigenvalue weighted by Gasteiger charge is -2.20. The summed E-state index contributed by atoms with van der Waals surface area (Å²) in [4.78, 5) is 25.2. The molecule has 0 spiro atoms. The van der Waals surface area contributed by atoms with E-state index < -0.39 is 11.5 Å². The van der Waals surface area contributed by atoms with Gasteiger partial charge < -0.3 is 15.5 Å². The monoisotopic (exact) mass is 376 g/mol. The number of hydrogen-bond acceptors (Lipinski definition) is 4. The third-order valence-corrected chi connectivity index (χ3v) is 5.32. The number of amides is 1. The molecule has 0 aliphatic heterocycles. The van der Waals surface area contributed by atoms with Gasteiger partial charge in [-0.1, -0.05) is 51.1 Å². The summed E-state index contributed by atoms with van der Waals surface area (Å²) in [6.07, 6.45) is 1.96. The van der Waals surface area contributed by atoms with Crippen molar-refractivity contribution in [3.8, 4) is 0 Å². The fourth-order valence-corrected chi connectivity index (χ4v) is 3.40. The number of benzene rings is 2. The van der Waals surface area contributed by atoms with Crippen molar-refractivity contribution < 1.29 is 9.21 Å².